The van der Waals surface area contributed by atoms with Gasteiger partial charge in [0.2, 0.25) is 5.91 Å². The minimum atomic E-state index is -0.920. The Morgan fingerprint density at radius 3 is 2.03 bits per heavy atom. The average Bonchev–Trinajstić information content (AvgIpc) is 2.71. The third kappa shape index (κ3) is 7.50. The number of carbonyl (C=O) groups is 3. The van der Waals surface area contributed by atoms with Crippen LogP contribution in [-0.4, -0.2) is 48.6 Å². The smallest absolute Gasteiger partial charge is 0.408 e. The van der Waals surface area contributed by atoms with Gasteiger partial charge in [0.15, 0.2) is 0 Å². The first kappa shape index (κ1) is 26.7. The van der Waals surface area contributed by atoms with Crippen LogP contribution in [0.25, 0.3) is 0 Å². The number of carbonyl (C=O) groups excluding carboxylic acids is 3. The summed E-state index contributed by atoms with van der Waals surface area (Å²) in [5, 5.41) is 5.43. The number of nitrogens with one attached hydrogen (secondary N) is 2. The first-order valence-electron chi connectivity index (χ1n) is 11.1. The standard InChI is InChI=1S/C26H35N3O5/c1-16-13-17(2)15-19(14-16)22(23(30)28-20-9-11-21(33-8)12-10-20)29(7)24(31)18(3)27-25(32)34-26(4,5)6/h9-15,18,22H,1-8H3,(H,27,32)(H,28,30). The van der Waals surface area contributed by atoms with Crippen molar-refractivity contribution in [2.45, 2.75) is 59.2 Å². The summed E-state index contributed by atoms with van der Waals surface area (Å²) in [5.41, 5.74) is 2.49. The van der Waals surface area contributed by atoms with Gasteiger partial charge in [0.1, 0.15) is 23.4 Å². The predicted molar refractivity (Wildman–Crippen MR) is 132 cm³/mol. The van der Waals surface area contributed by atoms with Gasteiger partial charge in [-0.1, -0.05) is 29.3 Å². The fourth-order valence-corrected chi connectivity index (χ4v) is 3.58. The quantitative estimate of drug-likeness (QED) is 0.628. The van der Waals surface area contributed by atoms with E-state index in [9.17, 15) is 14.4 Å². The van der Waals surface area contributed by atoms with E-state index in [0.717, 1.165) is 11.1 Å². The Morgan fingerprint density at radius 1 is 0.971 bits per heavy atom. The first-order chi connectivity index (χ1) is 15.8. The van der Waals surface area contributed by atoms with Gasteiger partial charge in [0, 0.05) is 12.7 Å². The normalized spacial score (nSPS) is 12.8. The van der Waals surface area contributed by atoms with Crippen LogP contribution in [0.3, 0.4) is 0 Å². The molecule has 2 atom stereocenters. The van der Waals surface area contributed by atoms with E-state index in [1.54, 1.807) is 66.1 Å². The molecule has 184 valence electrons. The van der Waals surface area contributed by atoms with Crippen molar-refractivity contribution >= 4 is 23.6 Å². The Morgan fingerprint density at radius 2 is 1.53 bits per heavy atom. The molecule has 8 nitrogen and oxygen atoms in total. The van der Waals surface area contributed by atoms with Crippen LogP contribution in [0.4, 0.5) is 10.5 Å². The van der Waals surface area contributed by atoms with Crippen molar-refractivity contribution < 1.29 is 23.9 Å². The number of benzene rings is 2. The Balaban J connectivity index is 2.31. The summed E-state index contributed by atoms with van der Waals surface area (Å²) in [6.07, 6.45) is -0.701. The lowest BCUT2D eigenvalue weighted by molar-refractivity contribution is -0.138. The highest BCUT2D eigenvalue weighted by Crippen LogP contribution is 2.25. The van der Waals surface area contributed by atoms with Gasteiger partial charge >= 0.3 is 6.09 Å². The zero-order chi connectivity index (χ0) is 25.6. The van der Waals surface area contributed by atoms with E-state index in [1.807, 2.05) is 32.0 Å². The maximum Gasteiger partial charge on any atom is 0.408 e. The lowest BCUT2D eigenvalue weighted by Gasteiger charge is -2.31. The van der Waals surface area contributed by atoms with Crippen molar-refractivity contribution in [2.24, 2.45) is 0 Å². The molecule has 0 saturated carbocycles. The molecule has 2 unspecified atom stereocenters. The second kappa shape index (κ2) is 11.0. The molecule has 2 N–H and O–H groups in total. The van der Waals surface area contributed by atoms with Crippen LogP contribution in [0.2, 0.25) is 0 Å². The number of nitrogens with zero attached hydrogens (tertiary/aromatic N) is 1. The molecule has 0 aliphatic heterocycles. The lowest BCUT2D eigenvalue weighted by atomic mass is 9.99. The number of hydrogen-bond donors (Lipinski definition) is 2. The predicted octanol–water partition coefficient (Wildman–Crippen LogP) is 4.36. The van der Waals surface area contributed by atoms with Crippen LogP contribution in [0.5, 0.6) is 5.75 Å². The lowest BCUT2D eigenvalue weighted by Crippen LogP contribution is -2.49. The van der Waals surface area contributed by atoms with Crippen LogP contribution in [0.15, 0.2) is 42.5 Å². The van der Waals surface area contributed by atoms with Crippen LogP contribution in [-0.2, 0) is 14.3 Å². The van der Waals surface area contributed by atoms with Crippen molar-refractivity contribution in [3.05, 3.63) is 59.2 Å². The molecular weight excluding hydrogens is 434 g/mol. The van der Waals surface area contributed by atoms with Gasteiger partial charge in [-0.2, -0.15) is 0 Å². The highest BCUT2D eigenvalue weighted by Gasteiger charge is 2.32. The Bertz CT molecular complexity index is 1010. The van der Waals surface area contributed by atoms with Gasteiger partial charge in [0.05, 0.1) is 7.11 Å². The molecule has 3 amide bonds. The highest BCUT2D eigenvalue weighted by atomic mass is 16.6. The largest absolute Gasteiger partial charge is 0.497 e. The average molecular weight is 470 g/mol. The number of methoxy groups -OCH3 is 1. The molecule has 2 aromatic rings. The van der Waals surface area contributed by atoms with Crippen molar-refractivity contribution in [2.75, 3.05) is 19.5 Å². The molecule has 0 aliphatic rings. The second-order valence-electron chi connectivity index (χ2n) is 9.36. The van der Waals surface area contributed by atoms with E-state index < -0.39 is 29.7 Å². The van der Waals surface area contributed by atoms with E-state index in [0.29, 0.717) is 17.0 Å². The molecule has 0 fully saturated rings. The number of ether oxygens (including phenoxy) is 2. The fourth-order valence-electron chi connectivity index (χ4n) is 3.58. The summed E-state index contributed by atoms with van der Waals surface area (Å²) in [6, 6.07) is 10.9. The zero-order valence-corrected chi connectivity index (χ0v) is 21.2. The van der Waals surface area contributed by atoms with Gasteiger partial charge in [-0.25, -0.2) is 4.79 Å². The van der Waals surface area contributed by atoms with E-state index >= 15 is 0 Å². The minimum absolute atomic E-state index is 0.379. The summed E-state index contributed by atoms with van der Waals surface area (Å²) in [6.45, 7) is 10.6. The summed E-state index contributed by atoms with van der Waals surface area (Å²) < 4.78 is 10.4. The van der Waals surface area contributed by atoms with Gasteiger partial charge in [-0.05, 0) is 71.4 Å². The maximum atomic E-state index is 13.4. The molecule has 0 aromatic heterocycles. The Hall–Kier alpha value is -3.55. The van der Waals surface area contributed by atoms with Gasteiger partial charge in [0.25, 0.3) is 5.91 Å². The monoisotopic (exact) mass is 469 g/mol. The molecule has 0 saturated heterocycles. The van der Waals surface area contributed by atoms with Gasteiger partial charge < -0.3 is 25.0 Å². The second-order valence-corrected chi connectivity index (χ2v) is 9.36. The summed E-state index contributed by atoms with van der Waals surface area (Å²) >= 11 is 0. The number of aryl methyl sites for hydroxylation is 2. The van der Waals surface area contributed by atoms with E-state index in [-0.39, 0.29) is 5.91 Å². The molecule has 2 rings (SSSR count). The first-order valence-corrected chi connectivity index (χ1v) is 11.1. The SMILES string of the molecule is COc1ccc(NC(=O)C(c2cc(C)cc(C)c2)N(C)C(=O)C(C)NC(=O)OC(C)(C)C)cc1. The molecular formula is C26H35N3O5. The molecule has 0 radical (unpaired) electrons. The topological polar surface area (TPSA) is 97.0 Å². The van der Waals surface area contributed by atoms with Crippen molar-refractivity contribution in [1.29, 1.82) is 0 Å². The van der Waals surface area contributed by atoms with Crippen LogP contribution < -0.4 is 15.4 Å². The Labute approximate surface area is 201 Å². The number of anilines is 1. The molecule has 0 aliphatic carbocycles. The number of alkyl carbamates (subject to hydrolysis) is 1. The molecule has 0 heterocycles. The summed E-state index contributed by atoms with van der Waals surface area (Å²) in [5.74, 6) is -0.145. The van der Waals surface area contributed by atoms with Crippen LogP contribution >= 0.6 is 0 Å². The van der Waals surface area contributed by atoms with E-state index in [4.69, 9.17) is 9.47 Å². The van der Waals surface area contributed by atoms with Crippen LogP contribution in [0, 0.1) is 13.8 Å². The molecule has 34 heavy (non-hydrogen) atoms. The number of amides is 3. The van der Waals surface area contributed by atoms with Crippen molar-refractivity contribution in [3.63, 3.8) is 0 Å². The molecule has 0 spiro atoms. The number of likely N-dealkylation sites (N-methyl/N-ethyl adjacent to an activating group) is 1. The molecule has 2 aromatic carbocycles. The highest BCUT2D eigenvalue weighted by molar-refractivity contribution is 5.98. The Kier molecular flexibility index (Phi) is 8.68. The zero-order valence-electron chi connectivity index (χ0n) is 21.2. The maximum absolute atomic E-state index is 13.4. The van der Waals surface area contributed by atoms with Crippen molar-refractivity contribution in [1.82, 2.24) is 10.2 Å². The fraction of sp³-hybridized carbons (Fsp3) is 0.423. The number of hydrogen-bond acceptors (Lipinski definition) is 5. The molecule has 0 bridgehead atoms. The number of rotatable bonds is 7. The van der Waals surface area contributed by atoms with E-state index in [2.05, 4.69) is 10.6 Å². The van der Waals surface area contributed by atoms with Gasteiger partial charge in [-0.3, -0.25) is 9.59 Å². The summed E-state index contributed by atoms with van der Waals surface area (Å²) in [4.78, 5) is 40.1. The summed E-state index contributed by atoms with van der Waals surface area (Å²) in [7, 11) is 3.11. The van der Waals surface area contributed by atoms with Crippen LogP contribution in [0.1, 0.15) is 50.4 Å². The third-order valence-corrected chi connectivity index (χ3v) is 5.00. The third-order valence-electron chi connectivity index (χ3n) is 5.00. The van der Waals surface area contributed by atoms with Gasteiger partial charge in [-0.15, -0.1) is 0 Å². The van der Waals surface area contributed by atoms with E-state index in [1.165, 1.54) is 4.90 Å². The van der Waals surface area contributed by atoms with Crippen molar-refractivity contribution in [3.8, 4) is 5.75 Å². The minimum Gasteiger partial charge on any atom is -0.497 e. The molecule has 8 heteroatoms.